The molecule has 70 valence electrons. The summed E-state index contributed by atoms with van der Waals surface area (Å²) in [5, 5.41) is -0.850. The minimum atomic E-state index is -0.850. The van der Waals surface area contributed by atoms with E-state index in [1.54, 1.807) is 13.8 Å². The lowest BCUT2D eigenvalue weighted by Gasteiger charge is -2.20. The van der Waals surface area contributed by atoms with Crippen molar-refractivity contribution >= 4 is 35.7 Å². The Morgan fingerprint density at radius 1 is 1.58 bits per heavy atom. The molecule has 0 spiro atoms. The Morgan fingerprint density at radius 3 is 2.33 bits per heavy atom. The molecule has 0 N–H and O–H groups in total. The van der Waals surface area contributed by atoms with Gasteiger partial charge in [0.1, 0.15) is 5.94 Å². The Bertz CT molecular complexity index is 186. The van der Waals surface area contributed by atoms with Gasteiger partial charge in [0.05, 0.1) is 0 Å². The topological polar surface area (TPSA) is 46.6 Å². The third kappa shape index (κ3) is 3.32. The maximum atomic E-state index is 11.0. The van der Waals surface area contributed by atoms with Gasteiger partial charge in [-0.25, -0.2) is 9.69 Å². The molecular weight excluding hydrogens is 202 g/mol. The summed E-state index contributed by atoms with van der Waals surface area (Å²) in [6.07, 6.45) is -0.778. The number of carbonyl (C=O) groups excluding carboxylic acids is 2. The molecule has 0 aromatic rings. The van der Waals surface area contributed by atoms with Gasteiger partial charge in [-0.15, -0.1) is 12.6 Å². The van der Waals surface area contributed by atoms with E-state index in [1.807, 2.05) is 0 Å². The number of hydrogen-bond acceptors (Lipinski definition) is 4. The van der Waals surface area contributed by atoms with E-state index in [1.165, 1.54) is 0 Å². The SMILES string of the molecule is CC(C)N(C(=O)Cl)C(=O)OCS. The van der Waals surface area contributed by atoms with Crippen LogP contribution >= 0.6 is 24.2 Å². The Balaban J connectivity index is 4.30. The van der Waals surface area contributed by atoms with Crippen LogP contribution in [-0.2, 0) is 4.74 Å². The number of ether oxygens (including phenoxy) is 1. The monoisotopic (exact) mass is 211 g/mol. The zero-order valence-corrected chi connectivity index (χ0v) is 8.43. The molecule has 0 aromatic carbocycles. The summed E-state index contributed by atoms with van der Waals surface area (Å²) in [6.45, 7) is 3.31. The van der Waals surface area contributed by atoms with E-state index in [0.29, 0.717) is 0 Å². The molecule has 0 unspecified atom stereocenters. The summed E-state index contributed by atoms with van der Waals surface area (Å²) >= 11 is 8.80. The maximum absolute atomic E-state index is 11.0. The van der Waals surface area contributed by atoms with Gasteiger partial charge < -0.3 is 4.74 Å². The molecule has 0 saturated heterocycles. The van der Waals surface area contributed by atoms with Gasteiger partial charge in [-0.2, -0.15) is 0 Å². The van der Waals surface area contributed by atoms with E-state index in [2.05, 4.69) is 17.4 Å². The smallest absolute Gasteiger partial charge is 0.418 e. The number of carbonyl (C=O) groups is 2. The Morgan fingerprint density at radius 2 is 2.08 bits per heavy atom. The quantitative estimate of drug-likeness (QED) is 0.329. The molecule has 0 rings (SSSR count). The molecule has 0 fully saturated rings. The lowest BCUT2D eigenvalue weighted by molar-refractivity contribution is 0.123. The summed E-state index contributed by atoms with van der Waals surface area (Å²) < 4.78 is 4.47. The Kier molecular flexibility index (Phi) is 5.08. The van der Waals surface area contributed by atoms with Crippen LogP contribution in [-0.4, -0.2) is 28.3 Å². The molecule has 6 heteroatoms. The number of rotatable bonds is 2. The van der Waals surface area contributed by atoms with Crippen molar-refractivity contribution in [3.8, 4) is 0 Å². The van der Waals surface area contributed by atoms with Gasteiger partial charge in [-0.05, 0) is 25.4 Å². The molecule has 0 aliphatic carbocycles. The van der Waals surface area contributed by atoms with Crippen LogP contribution in [0.2, 0.25) is 0 Å². The first-order valence-corrected chi connectivity index (χ1v) is 4.28. The predicted octanol–water partition coefficient (Wildman–Crippen LogP) is 2.08. The van der Waals surface area contributed by atoms with Crippen molar-refractivity contribution in [2.75, 3.05) is 5.94 Å². The predicted molar refractivity (Wildman–Crippen MR) is 48.6 cm³/mol. The van der Waals surface area contributed by atoms with Crippen molar-refractivity contribution < 1.29 is 14.3 Å². The van der Waals surface area contributed by atoms with Crippen LogP contribution in [0.15, 0.2) is 0 Å². The average molecular weight is 212 g/mol. The summed E-state index contributed by atoms with van der Waals surface area (Å²) in [6, 6.07) is -0.317. The van der Waals surface area contributed by atoms with E-state index in [4.69, 9.17) is 11.6 Å². The van der Waals surface area contributed by atoms with Crippen molar-refractivity contribution in [1.29, 1.82) is 0 Å². The van der Waals surface area contributed by atoms with Crippen LogP contribution in [0.25, 0.3) is 0 Å². The lowest BCUT2D eigenvalue weighted by Crippen LogP contribution is -2.39. The second-order valence-corrected chi connectivity index (χ2v) is 2.84. The van der Waals surface area contributed by atoms with E-state index in [9.17, 15) is 9.59 Å². The number of imide groups is 1. The summed E-state index contributed by atoms with van der Waals surface area (Å²) in [5.74, 6) is -0.0772. The van der Waals surface area contributed by atoms with Crippen LogP contribution in [0.4, 0.5) is 9.59 Å². The third-order valence-corrected chi connectivity index (χ3v) is 1.40. The number of amides is 2. The lowest BCUT2D eigenvalue weighted by atomic mass is 10.4. The first-order chi connectivity index (χ1) is 5.50. The van der Waals surface area contributed by atoms with Crippen molar-refractivity contribution in [3.63, 3.8) is 0 Å². The fourth-order valence-electron chi connectivity index (χ4n) is 0.610. The molecule has 4 nitrogen and oxygen atoms in total. The standard InChI is InChI=1S/C6H10ClNO3S/c1-4(2)8(5(7)9)6(10)11-3-12/h4,12H,3H2,1-2H3. The van der Waals surface area contributed by atoms with Crippen molar-refractivity contribution in [1.82, 2.24) is 4.90 Å². The Hall–Kier alpha value is -0.420. The van der Waals surface area contributed by atoms with Crippen LogP contribution in [0, 0.1) is 0 Å². The summed E-state index contributed by atoms with van der Waals surface area (Å²) in [4.78, 5) is 22.4. The highest BCUT2D eigenvalue weighted by Crippen LogP contribution is 2.06. The number of hydrogen-bond donors (Lipinski definition) is 1. The summed E-state index contributed by atoms with van der Waals surface area (Å²) in [5.41, 5.74) is 0. The fraction of sp³-hybridized carbons (Fsp3) is 0.667. The van der Waals surface area contributed by atoms with E-state index in [0.717, 1.165) is 4.90 Å². The first-order valence-electron chi connectivity index (χ1n) is 3.27. The van der Waals surface area contributed by atoms with Crippen molar-refractivity contribution in [2.45, 2.75) is 19.9 Å². The van der Waals surface area contributed by atoms with E-state index >= 15 is 0 Å². The second-order valence-electron chi connectivity index (χ2n) is 2.26. The zero-order chi connectivity index (χ0) is 9.72. The molecule has 0 heterocycles. The number of nitrogens with zero attached hydrogens (tertiary/aromatic N) is 1. The largest absolute Gasteiger partial charge is 0.438 e. The number of halogens is 1. The highest BCUT2D eigenvalue weighted by molar-refractivity contribution is 7.80. The molecule has 0 aromatic heterocycles. The molecule has 12 heavy (non-hydrogen) atoms. The molecule has 0 aliphatic rings. The second kappa shape index (κ2) is 5.27. The van der Waals surface area contributed by atoms with Crippen LogP contribution in [0.5, 0.6) is 0 Å². The highest BCUT2D eigenvalue weighted by atomic mass is 35.5. The first kappa shape index (κ1) is 11.6. The van der Waals surface area contributed by atoms with Gasteiger partial charge in [0.2, 0.25) is 0 Å². The van der Waals surface area contributed by atoms with Gasteiger partial charge >= 0.3 is 11.5 Å². The van der Waals surface area contributed by atoms with Gasteiger partial charge in [0, 0.05) is 6.04 Å². The van der Waals surface area contributed by atoms with Gasteiger partial charge in [-0.3, -0.25) is 4.79 Å². The fourth-order valence-corrected chi connectivity index (χ4v) is 0.985. The maximum Gasteiger partial charge on any atom is 0.418 e. The Labute approximate surface area is 81.2 Å². The van der Waals surface area contributed by atoms with Crippen LogP contribution in [0.1, 0.15) is 13.8 Å². The van der Waals surface area contributed by atoms with Gasteiger partial charge in [0.15, 0.2) is 0 Å². The molecule has 0 aliphatic heterocycles. The van der Waals surface area contributed by atoms with Crippen molar-refractivity contribution in [3.05, 3.63) is 0 Å². The molecule has 0 saturated carbocycles. The summed E-state index contributed by atoms with van der Waals surface area (Å²) in [7, 11) is 0. The average Bonchev–Trinajstić information content (AvgIpc) is 1.85. The molecule has 0 radical (unpaired) electrons. The highest BCUT2D eigenvalue weighted by Gasteiger charge is 2.23. The molecule has 0 bridgehead atoms. The minimum Gasteiger partial charge on any atom is -0.438 e. The molecule has 2 amide bonds. The zero-order valence-electron chi connectivity index (χ0n) is 6.78. The minimum absolute atomic E-state index is 0.0772. The van der Waals surface area contributed by atoms with E-state index in [-0.39, 0.29) is 12.0 Å². The third-order valence-electron chi connectivity index (χ3n) is 1.09. The molecular formula is C6H10ClNO3S. The van der Waals surface area contributed by atoms with Gasteiger partial charge in [-0.1, -0.05) is 0 Å². The van der Waals surface area contributed by atoms with Crippen LogP contribution in [0.3, 0.4) is 0 Å². The normalized spacial score (nSPS) is 9.75. The molecule has 0 atom stereocenters. The van der Waals surface area contributed by atoms with Crippen molar-refractivity contribution in [2.24, 2.45) is 0 Å². The van der Waals surface area contributed by atoms with Crippen LogP contribution < -0.4 is 0 Å². The van der Waals surface area contributed by atoms with Gasteiger partial charge in [0.25, 0.3) is 0 Å². The van der Waals surface area contributed by atoms with E-state index < -0.39 is 11.5 Å². The number of thiol groups is 1.